The SMILES string of the molecule is COc1ccc(-c2cc(=O)c3c(O)cc(O[C@@H]4O[C@H](CO[C@@H]5OC[C@@H](O)[C@H](O)[C@H]5O)[C@@H](O)[C@H](O)[C@H]4O)cc3o2)cc1O. The number of benzene rings is 2. The van der Waals surface area contributed by atoms with Crippen molar-refractivity contribution in [2.24, 2.45) is 0 Å². The van der Waals surface area contributed by atoms with Gasteiger partial charge >= 0.3 is 0 Å². The van der Waals surface area contributed by atoms with Crippen LogP contribution in [0.5, 0.6) is 23.0 Å². The van der Waals surface area contributed by atoms with Crippen LogP contribution in [0.3, 0.4) is 0 Å². The van der Waals surface area contributed by atoms with Crippen LogP contribution in [0.15, 0.2) is 45.6 Å². The van der Waals surface area contributed by atoms with E-state index in [9.17, 15) is 45.6 Å². The normalized spacial score (nSPS) is 31.6. The first-order valence-electron chi connectivity index (χ1n) is 12.8. The molecule has 2 fully saturated rings. The Hall–Kier alpha value is -3.51. The van der Waals surface area contributed by atoms with E-state index in [1.807, 2.05) is 0 Å². The molecule has 0 unspecified atom stereocenters. The second-order valence-corrected chi connectivity index (χ2v) is 9.89. The fourth-order valence-electron chi connectivity index (χ4n) is 4.70. The third-order valence-electron chi connectivity index (χ3n) is 7.05. The van der Waals surface area contributed by atoms with Gasteiger partial charge in [0.2, 0.25) is 6.29 Å². The number of hydrogen-bond acceptors (Lipinski definition) is 15. The molecular formula is C27H30O15. The van der Waals surface area contributed by atoms with E-state index in [0.717, 1.165) is 12.1 Å². The molecule has 8 N–H and O–H groups in total. The van der Waals surface area contributed by atoms with Crippen molar-refractivity contribution in [2.75, 3.05) is 20.3 Å². The quantitative estimate of drug-likeness (QED) is 0.156. The molecule has 0 bridgehead atoms. The Morgan fingerprint density at radius 2 is 1.60 bits per heavy atom. The molecule has 0 radical (unpaired) electrons. The van der Waals surface area contributed by atoms with Gasteiger partial charge in [0, 0.05) is 23.8 Å². The molecule has 2 aliphatic rings. The van der Waals surface area contributed by atoms with Gasteiger partial charge in [-0.05, 0) is 18.2 Å². The first-order chi connectivity index (χ1) is 20.0. The van der Waals surface area contributed by atoms with Crippen LogP contribution in [-0.2, 0) is 14.2 Å². The van der Waals surface area contributed by atoms with E-state index in [1.165, 1.54) is 25.3 Å². The van der Waals surface area contributed by atoms with Gasteiger partial charge in [0.25, 0.3) is 0 Å². The standard InChI is InChI=1S/C27H30O15/c1-37-16-3-2-10(4-12(16)28)17-7-14(30)20-13(29)5-11(6-18(20)41-17)40-27-25(36)23(34)22(33)19(42-27)9-39-26-24(35)21(32)15(31)8-38-26/h2-7,15,19,21-29,31-36H,8-9H2,1H3/t15-,19-,21+,22-,23+,24-,25-,26+,27-/m1/s1. The predicted molar refractivity (Wildman–Crippen MR) is 139 cm³/mol. The van der Waals surface area contributed by atoms with E-state index in [0.29, 0.717) is 5.56 Å². The van der Waals surface area contributed by atoms with E-state index < -0.39 is 73.1 Å². The van der Waals surface area contributed by atoms with Crippen molar-refractivity contribution in [2.45, 2.75) is 55.3 Å². The highest BCUT2D eigenvalue weighted by molar-refractivity contribution is 5.86. The Morgan fingerprint density at radius 1 is 0.857 bits per heavy atom. The largest absolute Gasteiger partial charge is 0.507 e. The maximum atomic E-state index is 12.8. The van der Waals surface area contributed by atoms with Crippen molar-refractivity contribution >= 4 is 11.0 Å². The molecule has 0 spiro atoms. The first-order valence-corrected chi connectivity index (χ1v) is 12.8. The van der Waals surface area contributed by atoms with Crippen molar-refractivity contribution in [3.05, 3.63) is 46.6 Å². The molecule has 5 rings (SSSR count). The molecule has 3 heterocycles. The smallest absolute Gasteiger partial charge is 0.229 e. The maximum Gasteiger partial charge on any atom is 0.229 e. The van der Waals surface area contributed by atoms with Crippen LogP contribution < -0.4 is 14.9 Å². The van der Waals surface area contributed by atoms with Crippen molar-refractivity contribution in [3.8, 4) is 34.3 Å². The zero-order valence-corrected chi connectivity index (χ0v) is 22.0. The Balaban J connectivity index is 1.36. The van der Waals surface area contributed by atoms with Gasteiger partial charge in [-0.3, -0.25) is 4.79 Å². The Labute approximate surface area is 236 Å². The lowest BCUT2D eigenvalue weighted by atomic mass is 9.99. The molecule has 0 saturated carbocycles. The van der Waals surface area contributed by atoms with Gasteiger partial charge < -0.3 is 69.0 Å². The third kappa shape index (κ3) is 5.74. The molecule has 2 aliphatic heterocycles. The Kier molecular flexibility index (Phi) is 8.56. The number of hydrogen-bond donors (Lipinski definition) is 8. The number of phenolic OH excluding ortho intramolecular Hbond substituents is 2. The summed E-state index contributed by atoms with van der Waals surface area (Å²) in [6, 6.07) is 7.78. The summed E-state index contributed by atoms with van der Waals surface area (Å²) in [7, 11) is 1.38. The van der Waals surface area contributed by atoms with Gasteiger partial charge in [-0.25, -0.2) is 0 Å². The molecule has 0 amide bonds. The molecule has 42 heavy (non-hydrogen) atoms. The fraction of sp³-hybridized carbons (Fsp3) is 0.444. The average molecular weight is 595 g/mol. The molecule has 15 nitrogen and oxygen atoms in total. The van der Waals surface area contributed by atoms with Crippen LogP contribution in [-0.4, -0.2) is 116 Å². The highest BCUT2D eigenvalue weighted by Gasteiger charge is 2.46. The van der Waals surface area contributed by atoms with Crippen LogP contribution in [0.4, 0.5) is 0 Å². The summed E-state index contributed by atoms with van der Waals surface area (Å²) in [4.78, 5) is 12.8. The number of fused-ring (bicyclic) bond motifs is 1. The van der Waals surface area contributed by atoms with Crippen LogP contribution >= 0.6 is 0 Å². The van der Waals surface area contributed by atoms with Gasteiger partial charge in [0.15, 0.2) is 23.2 Å². The van der Waals surface area contributed by atoms with Crippen molar-refractivity contribution < 1.29 is 69.0 Å². The van der Waals surface area contributed by atoms with Crippen LogP contribution in [0.1, 0.15) is 0 Å². The summed E-state index contributed by atoms with van der Waals surface area (Å²) in [5.41, 5.74) is -0.379. The summed E-state index contributed by atoms with van der Waals surface area (Å²) in [5, 5.41) is 81.3. The van der Waals surface area contributed by atoms with E-state index in [4.69, 9.17) is 28.1 Å². The second-order valence-electron chi connectivity index (χ2n) is 9.89. The van der Waals surface area contributed by atoms with Gasteiger partial charge in [-0.1, -0.05) is 0 Å². The lowest BCUT2D eigenvalue weighted by Crippen LogP contribution is -2.61. The molecule has 9 atom stereocenters. The van der Waals surface area contributed by atoms with Gasteiger partial charge in [-0.15, -0.1) is 0 Å². The number of ether oxygens (including phenoxy) is 5. The van der Waals surface area contributed by atoms with Crippen LogP contribution in [0.2, 0.25) is 0 Å². The summed E-state index contributed by atoms with van der Waals surface area (Å²) in [6.07, 6.45) is -14.0. The van der Waals surface area contributed by atoms with E-state index in [2.05, 4.69) is 0 Å². The minimum atomic E-state index is -1.77. The molecule has 0 aliphatic carbocycles. The van der Waals surface area contributed by atoms with Crippen molar-refractivity contribution in [1.29, 1.82) is 0 Å². The minimum absolute atomic E-state index is 0.0523. The third-order valence-corrected chi connectivity index (χ3v) is 7.05. The summed E-state index contributed by atoms with van der Waals surface area (Å²) < 4.78 is 32.6. The van der Waals surface area contributed by atoms with Crippen LogP contribution in [0, 0.1) is 0 Å². The van der Waals surface area contributed by atoms with E-state index in [-0.39, 0.29) is 40.6 Å². The zero-order chi connectivity index (χ0) is 30.3. The fourth-order valence-corrected chi connectivity index (χ4v) is 4.70. The highest BCUT2D eigenvalue weighted by Crippen LogP contribution is 2.35. The van der Waals surface area contributed by atoms with Gasteiger partial charge in [0.05, 0.1) is 20.3 Å². The number of aliphatic hydroxyl groups is 6. The number of aromatic hydroxyl groups is 2. The molecule has 2 aromatic carbocycles. The number of aliphatic hydroxyl groups excluding tert-OH is 6. The van der Waals surface area contributed by atoms with E-state index in [1.54, 1.807) is 6.07 Å². The summed E-state index contributed by atoms with van der Waals surface area (Å²) >= 11 is 0. The molecule has 3 aromatic rings. The topological polar surface area (TPSA) is 238 Å². The van der Waals surface area contributed by atoms with Gasteiger partial charge in [-0.2, -0.15) is 0 Å². The zero-order valence-electron chi connectivity index (χ0n) is 22.0. The predicted octanol–water partition coefficient (Wildman–Crippen LogP) is -1.48. The van der Waals surface area contributed by atoms with E-state index >= 15 is 0 Å². The monoisotopic (exact) mass is 594 g/mol. The number of rotatable bonds is 7. The Bertz CT molecular complexity index is 1470. The number of phenols is 2. The molecule has 228 valence electrons. The lowest BCUT2D eigenvalue weighted by molar-refractivity contribution is -0.307. The highest BCUT2D eigenvalue weighted by atomic mass is 16.7. The van der Waals surface area contributed by atoms with Crippen LogP contribution in [0.25, 0.3) is 22.3 Å². The van der Waals surface area contributed by atoms with Crippen molar-refractivity contribution in [1.82, 2.24) is 0 Å². The average Bonchev–Trinajstić information content (AvgIpc) is 2.96. The minimum Gasteiger partial charge on any atom is -0.507 e. The molecule has 15 heteroatoms. The molecular weight excluding hydrogens is 564 g/mol. The number of methoxy groups -OCH3 is 1. The maximum absolute atomic E-state index is 12.8. The Morgan fingerprint density at radius 3 is 2.31 bits per heavy atom. The van der Waals surface area contributed by atoms with Crippen molar-refractivity contribution in [3.63, 3.8) is 0 Å². The molecule has 2 saturated heterocycles. The summed E-state index contributed by atoms with van der Waals surface area (Å²) in [5.74, 6) is -0.602. The second kappa shape index (κ2) is 12.0. The first kappa shape index (κ1) is 30.0. The lowest BCUT2D eigenvalue weighted by Gasteiger charge is -2.41. The van der Waals surface area contributed by atoms with Gasteiger partial charge in [0.1, 0.15) is 71.0 Å². The molecule has 1 aromatic heterocycles. The summed E-state index contributed by atoms with van der Waals surface area (Å²) in [6.45, 7) is -0.821.